The van der Waals surface area contributed by atoms with E-state index in [1.54, 1.807) is 36.4 Å². The zero-order valence-electron chi connectivity index (χ0n) is 11.7. The quantitative estimate of drug-likeness (QED) is 0.608. The van der Waals surface area contributed by atoms with Crippen LogP contribution in [0.3, 0.4) is 0 Å². The Morgan fingerprint density at radius 3 is 2.19 bits per heavy atom. The van der Waals surface area contributed by atoms with Crippen LogP contribution in [-0.4, -0.2) is 21.3 Å². The lowest BCUT2D eigenvalue weighted by molar-refractivity contribution is 0.112. The summed E-state index contributed by atoms with van der Waals surface area (Å²) in [5.74, 6) is 0. The van der Waals surface area contributed by atoms with E-state index < -0.39 is 10.1 Å². The summed E-state index contributed by atoms with van der Waals surface area (Å²) in [4.78, 5) is 10.7. The molecule has 2 aromatic carbocycles. The minimum Gasteiger partial charge on any atom is -0.298 e. The summed E-state index contributed by atoms with van der Waals surface area (Å²) in [5, 5.41) is 0. The maximum atomic E-state index is 12.0. The maximum absolute atomic E-state index is 12.0. The van der Waals surface area contributed by atoms with Crippen LogP contribution in [0.5, 0.6) is 0 Å². The molecular formula is C16H16O4S. The highest BCUT2D eigenvalue weighted by atomic mass is 32.2. The average molecular weight is 304 g/mol. The lowest BCUT2D eigenvalue weighted by Crippen LogP contribution is -2.09. The second-order valence-corrected chi connectivity index (χ2v) is 6.31. The van der Waals surface area contributed by atoms with Gasteiger partial charge in [0.05, 0.1) is 11.5 Å². The van der Waals surface area contributed by atoms with Gasteiger partial charge in [-0.3, -0.25) is 8.98 Å². The minimum absolute atomic E-state index is 0.0661. The summed E-state index contributed by atoms with van der Waals surface area (Å²) in [7, 11) is -3.72. The van der Waals surface area contributed by atoms with E-state index in [2.05, 4.69) is 0 Å². The van der Waals surface area contributed by atoms with Crippen molar-refractivity contribution < 1.29 is 17.4 Å². The van der Waals surface area contributed by atoms with Crippen LogP contribution in [-0.2, 0) is 20.7 Å². The molecule has 0 aliphatic carbocycles. The zero-order valence-corrected chi connectivity index (χ0v) is 12.5. The van der Waals surface area contributed by atoms with E-state index in [1.807, 2.05) is 6.92 Å². The van der Waals surface area contributed by atoms with Gasteiger partial charge in [-0.1, -0.05) is 42.0 Å². The lowest BCUT2D eigenvalue weighted by Gasteiger charge is -2.06. The maximum Gasteiger partial charge on any atom is 0.296 e. The highest BCUT2D eigenvalue weighted by Crippen LogP contribution is 2.14. The number of aldehydes is 1. The Hall–Kier alpha value is -1.98. The molecule has 0 radical (unpaired) electrons. The van der Waals surface area contributed by atoms with Crippen molar-refractivity contribution >= 4 is 16.4 Å². The van der Waals surface area contributed by atoms with Crippen molar-refractivity contribution in [1.82, 2.24) is 0 Å². The summed E-state index contributed by atoms with van der Waals surface area (Å²) >= 11 is 0. The second kappa shape index (κ2) is 6.65. The second-order valence-electron chi connectivity index (χ2n) is 4.70. The summed E-state index contributed by atoms with van der Waals surface area (Å²) in [6.45, 7) is 1.96. The highest BCUT2D eigenvalue weighted by Gasteiger charge is 2.14. The van der Waals surface area contributed by atoms with Crippen molar-refractivity contribution in [3.05, 3.63) is 65.2 Å². The third kappa shape index (κ3) is 4.24. The first kappa shape index (κ1) is 15.4. The third-order valence-corrected chi connectivity index (χ3v) is 4.38. The van der Waals surface area contributed by atoms with Crippen LogP contribution in [0, 0.1) is 6.92 Å². The standard InChI is InChI=1S/C16H16O4S/c1-13-2-8-16(9-3-13)21(18,19)20-11-10-14-4-6-15(12-17)7-5-14/h2-9,12H,10-11H2,1H3. The Kier molecular flexibility index (Phi) is 4.88. The molecule has 21 heavy (non-hydrogen) atoms. The normalized spacial score (nSPS) is 11.3. The van der Waals surface area contributed by atoms with Crippen LogP contribution in [0.1, 0.15) is 21.5 Å². The molecule has 0 N–H and O–H groups in total. The fourth-order valence-corrected chi connectivity index (χ4v) is 2.71. The van der Waals surface area contributed by atoms with Gasteiger partial charge < -0.3 is 0 Å². The van der Waals surface area contributed by atoms with E-state index in [0.717, 1.165) is 17.4 Å². The van der Waals surface area contributed by atoms with E-state index in [-0.39, 0.29) is 11.5 Å². The van der Waals surface area contributed by atoms with E-state index in [1.165, 1.54) is 12.1 Å². The molecule has 0 bridgehead atoms. The molecule has 0 saturated heterocycles. The van der Waals surface area contributed by atoms with E-state index in [4.69, 9.17) is 4.18 Å². The topological polar surface area (TPSA) is 60.4 Å². The van der Waals surface area contributed by atoms with Gasteiger partial charge in [-0.05, 0) is 31.0 Å². The van der Waals surface area contributed by atoms with Gasteiger partial charge in [-0.25, -0.2) is 0 Å². The Balaban J connectivity index is 1.95. The Morgan fingerprint density at radius 2 is 1.62 bits per heavy atom. The first-order chi connectivity index (χ1) is 10.0. The first-order valence-electron chi connectivity index (χ1n) is 6.51. The molecular weight excluding hydrogens is 288 g/mol. The summed E-state index contributed by atoms with van der Waals surface area (Å²) < 4.78 is 28.9. The number of carbonyl (C=O) groups is 1. The van der Waals surface area contributed by atoms with E-state index in [0.29, 0.717) is 12.0 Å². The van der Waals surface area contributed by atoms with Gasteiger partial charge in [0.2, 0.25) is 0 Å². The first-order valence-corrected chi connectivity index (χ1v) is 7.92. The molecule has 0 saturated carbocycles. The molecule has 110 valence electrons. The van der Waals surface area contributed by atoms with E-state index >= 15 is 0 Å². The van der Waals surface area contributed by atoms with Crippen molar-refractivity contribution in [3.8, 4) is 0 Å². The molecule has 2 rings (SSSR count). The van der Waals surface area contributed by atoms with Gasteiger partial charge in [0, 0.05) is 5.56 Å². The molecule has 5 heteroatoms. The molecule has 0 amide bonds. The van der Waals surface area contributed by atoms with Crippen molar-refractivity contribution in [2.45, 2.75) is 18.2 Å². The van der Waals surface area contributed by atoms with Crippen LogP contribution in [0.15, 0.2) is 53.4 Å². The predicted octanol–water partition coefficient (Wildman–Crippen LogP) is 2.76. The van der Waals surface area contributed by atoms with Crippen molar-refractivity contribution in [1.29, 1.82) is 0 Å². The highest BCUT2D eigenvalue weighted by molar-refractivity contribution is 7.86. The summed E-state index contributed by atoms with van der Waals surface area (Å²) in [5.41, 5.74) is 2.50. The van der Waals surface area contributed by atoms with Crippen LogP contribution in [0.2, 0.25) is 0 Å². The van der Waals surface area contributed by atoms with Gasteiger partial charge in [0.1, 0.15) is 6.29 Å². The third-order valence-electron chi connectivity index (χ3n) is 3.05. The Labute approximate surface area is 124 Å². The van der Waals surface area contributed by atoms with Crippen molar-refractivity contribution in [2.24, 2.45) is 0 Å². The van der Waals surface area contributed by atoms with Crippen LogP contribution in [0.4, 0.5) is 0 Å². The SMILES string of the molecule is Cc1ccc(S(=O)(=O)OCCc2ccc(C=O)cc2)cc1. The summed E-state index contributed by atoms with van der Waals surface area (Å²) in [6, 6.07) is 13.5. The van der Waals surface area contributed by atoms with E-state index in [9.17, 15) is 13.2 Å². The molecule has 0 heterocycles. The number of aryl methyl sites for hydroxylation is 1. The number of hydrogen-bond donors (Lipinski definition) is 0. The van der Waals surface area contributed by atoms with Crippen LogP contribution in [0.25, 0.3) is 0 Å². The largest absolute Gasteiger partial charge is 0.298 e. The predicted molar refractivity (Wildman–Crippen MR) is 79.9 cm³/mol. The number of benzene rings is 2. The fourth-order valence-electron chi connectivity index (χ4n) is 1.81. The number of carbonyl (C=O) groups excluding carboxylic acids is 1. The molecule has 0 aromatic heterocycles. The Bertz CT molecular complexity index is 701. The molecule has 0 spiro atoms. The van der Waals surface area contributed by atoms with Crippen LogP contribution >= 0.6 is 0 Å². The molecule has 0 atom stereocenters. The molecule has 4 nitrogen and oxygen atoms in total. The van der Waals surface area contributed by atoms with Gasteiger partial charge in [0.15, 0.2) is 0 Å². The van der Waals surface area contributed by atoms with Crippen molar-refractivity contribution in [2.75, 3.05) is 6.61 Å². The van der Waals surface area contributed by atoms with Crippen LogP contribution < -0.4 is 0 Å². The number of hydrogen-bond acceptors (Lipinski definition) is 4. The molecule has 0 unspecified atom stereocenters. The molecule has 0 fully saturated rings. The molecule has 0 aliphatic rings. The van der Waals surface area contributed by atoms with Crippen molar-refractivity contribution in [3.63, 3.8) is 0 Å². The summed E-state index contributed by atoms with van der Waals surface area (Å²) in [6.07, 6.45) is 1.23. The van der Waals surface area contributed by atoms with Gasteiger partial charge in [-0.2, -0.15) is 8.42 Å². The molecule has 2 aromatic rings. The monoisotopic (exact) mass is 304 g/mol. The van der Waals surface area contributed by atoms with Gasteiger partial charge >= 0.3 is 0 Å². The van der Waals surface area contributed by atoms with Gasteiger partial charge in [0.25, 0.3) is 10.1 Å². The fraction of sp³-hybridized carbons (Fsp3) is 0.188. The lowest BCUT2D eigenvalue weighted by atomic mass is 10.1. The average Bonchev–Trinajstić information content (AvgIpc) is 2.48. The molecule has 0 aliphatic heterocycles. The Morgan fingerprint density at radius 1 is 1.00 bits per heavy atom. The minimum atomic E-state index is -3.72. The van der Waals surface area contributed by atoms with Gasteiger partial charge in [-0.15, -0.1) is 0 Å². The number of rotatable bonds is 6. The smallest absolute Gasteiger partial charge is 0.296 e. The zero-order chi connectivity index (χ0) is 15.3.